The number of benzene rings is 1. The van der Waals surface area contributed by atoms with Gasteiger partial charge >= 0.3 is 12.2 Å². The van der Waals surface area contributed by atoms with Crippen molar-refractivity contribution in [3.05, 3.63) is 53.3 Å². The first kappa shape index (κ1) is 22.3. The number of nitrogens with two attached hydrogens (primary N) is 1. The smallest absolute Gasteiger partial charge is 0.330 e. The second-order valence-electron chi connectivity index (χ2n) is 7.91. The normalized spacial score (nSPS) is 20.0. The Morgan fingerprint density at radius 3 is 2.77 bits per heavy atom. The minimum atomic E-state index is -4.34. The molecule has 1 saturated heterocycles. The number of carbonyl (C=O) groups is 1. The maximum Gasteiger partial charge on any atom is 0.416 e. The Hall–Kier alpha value is -2.39. The molecule has 1 aromatic heterocycles. The van der Waals surface area contributed by atoms with E-state index in [0.29, 0.717) is 31.6 Å². The largest absolute Gasteiger partial charge is 0.416 e. The summed E-state index contributed by atoms with van der Waals surface area (Å²) in [4.78, 5) is 16.7. The highest BCUT2D eigenvalue weighted by Gasteiger charge is 2.33. The molecule has 0 radical (unpaired) electrons. The number of hydrogen-bond acceptors (Lipinski definition) is 4. The van der Waals surface area contributed by atoms with Crippen LogP contribution in [-0.2, 0) is 19.1 Å². The van der Waals surface area contributed by atoms with E-state index in [0.717, 1.165) is 24.6 Å². The SMILES string of the molecule is C[C@@H]1C[C@@H](N(C)Cc2cccc(C(F)(F)F)c2)CCN1C(=O)n1ccc(CCN)n1. The molecule has 6 nitrogen and oxygen atoms in total. The number of piperidine rings is 1. The second-order valence-corrected chi connectivity index (χ2v) is 7.91. The van der Waals surface area contributed by atoms with E-state index in [9.17, 15) is 18.0 Å². The van der Waals surface area contributed by atoms with Crippen molar-refractivity contribution in [2.45, 2.75) is 51.0 Å². The number of likely N-dealkylation sites (tertiary alicyclic amines) is 1. The van der Waals surface area contributed by atoms with E-state index in [2.05, 4.69) is 10.00 Å². The molecule has 0 bridgehead atoms. The lowest BCUT2D eigenvalue weighted by molar-refractivity contribution is -0.137. The number of nitrogens with zero attached hydrogens (tertiary/aromatic N) is 4. The Morgan fingerprint density at radius 2 is 2.10 bits per heavy atom. The van der Waals surface area contributed by atoms with Gasteiger partial charge in [-0.15, -0.1) is 0 Å². The quantitative estimate of drug-likeness (QED) is 0.801. The van der Waals surface area contributed by atoms with Gasteiger partial charge in [0.1, 0.15) is 0 Å². The average Bonchev–Trinajstić information content (AvgIpc) is 3.16. The number of alkyl halides is 3. The molecule has 3 rings (SSSR count). The van der Waals surface area contributed by atoms with Crippen molar-refractivity contribution in [1.82, 2.24) is 19.6 Å². The predicted octanol–water partition coefficient (Wildman–Crippen LogP) is 3.36. The van der Waals surface area contributed by atoms with Crippen LogP contribution < -0.4 is 5.73 Å². The molecule has 2 aromatic rings. The first-order valence-electron chi connectivity index (χ1n) is 10.1. The highest BCUT2D eigenvalue weighted by atomic mass is 19.4. The molecule has 9 heteroatoms. The van der Waals surface area contributed by atoms with Crippen LogP contribution >= 0.6 is 0 Å². The fraction of sp³-hybridized carbons (Fsp3) is 0.524. The van der Waals surface area contributed by atoms with Crippen molar-refractivity contribution in [1.29, 1.82) is 0 Å². The Balaban J connectivity index is 1.60. The lowest BCUT2D eigenvalue weighted by atomic mass is 9.97. The van der Waals surface area contributed by atoms with Gasteiger partial charge in [-0.2, -0.15) is 23.0 Å². The van der Waals surface area contributed by atoms with Gasteiger partial charge < -0.3 is 10.6 Å². The molecule has 164 valence electrons. The van der Waals surface area contributed by atoms with Gasteiger partial charge in [-0.1, -0.05) is 18.2 Å². The van der Waals surface area contributed by atoms with Crippen molar-refractivity contribution in [2.24, 2.45) is 5.73 Å². The first-order chi connectivity index (χ1) is 14.2. The van der Waals surface area contributed by atoms with Gasteiger partial charge in [0.05, 0.1) is 11.3 Å². The minimum Gasteiger partial charge on any atom is -0.330 e. The Kier molecular flexibility index (Phi) is 6.82. The molecule has 1 aliphatic rings. The minimum absolute atomic E-state index is 0.00219. The van der Waals surface area contributed by atoms with Crippen LogP contribution in [0.2, 0.25) is 0 Å². The number of hydrogen-bond donors (Lipinski definition) is 1. The van der Waals surface area contributed by atoms with Crippen molar-refractivity contribution < 1.29 is 18.0 Å². The van der Waals surface area contributed by atoms with Gasteiger partial charge in [0.2, 0.25) is 0 Å². The molecule has 0 unspecified atom stereocenters. The van der Waals surface area contributed by atoms with Crippen molar-refractivity contribution in [3.8, 4) is 0 Å². The lowest BCUT2D eigenvalue weighted by Crippen LogP contribution is -2.51. The molecule has 1 fully saturated rings. The third-order valence-electron chi connectivity index (χ3n) is 5.64. The van der Waals surface area contributed by atoms with E-state index in [1.54, 1.807) is 23.2 Å². The highest BCUT2D eigenvalue weighted by molar-refractivity contribution is 5.76. The van der Waals surface area contributed by atoms with Gasteiger partial charge in [-0.3, -0.25) is 4.90 Å². The number of amides is 1. The maximum atomic E-state index is 13.0. The van der Waals surface area contributed by atoms with E-state index in [1.165, 1.54) is 16.8 Å². The third-order valence-corrected chi connectivity index (χ3v) is 5.64. The van der Waals surface area contributed by atoms with Crippen LogP contribution in [0.4, 0.5) is 18.0 Å². The third kappa shape index (κ3) is 5.20. The molecule has 2 atom stereocenters. The fourth-order valence-corrected chi connectivity index (χ4v) is 3.98. The lowest BCUT2D eigenvalue weighted by Gasteiger charge is -2.41. The van der Waals surface area contributed by atoms with E-state index in [4.69, 9.17) is 5.73 Å². The number of rotatable bonds is 5. The summed E-state index contributed by atoms with van der Waals surface area (Å²) in [6.45, 7) is 3.47. The molecule has 0 saturated carbocycles. The Bertz CT molecular complexity index is 866. The molecule has 2 heterocycles. The van der Waals surface area contributed by atoms with E-state index in [-0.39, 0.29) is 18.1 Å². The topological polar surface area (TPSA) is 67.4 Å². The molecule has 1 aliphatic heterocycles. The summed E-state index contributed by atoms with van der Waals surface area (Å²) in [5.41, 5.74) is 6.32. The summed E-state index contributed by atoms with van der Waals surface area (Å²) in [5.74, 6) is 0. The molecule has 1 aromatic carbocycles. The first-order valence-corrected chi connectivity index (χ1v) is 10.1. The van der Waals surface area contributed by atoms with E-state index in [1.807, 2.05) is 14.0 Å². The van der Waals surface area contributed by atoms with Gasteiger partial charge in [-0.05, 0) is 51.1 Å². The van der Waals surface area contributed by atoms with Crippen LogP contribution in [0.15, 0.2) is 36.5 Å². The molecule has 0 aliphatic carbocycles. The summed E-state index contributed by atoms with van der Waals surface area (Å²) in [6.07, 6.45) is -0.559. The molecular weight excluding hydrogens is 395 g/mol. The van der Waals surface area contributed by atoms with Crippen LogP contribution in [0.5, 0.6) is 0 Å². The van der Waals surface area contributed by atoms with E-state index >= 15 is 0 Å². The van der Waals surface area contributed by atoms with Crippen molar-refractivity contribution >= 4 is 6.03 Å². The van der Waals surface area contributed by atoms with Gasteiger partial charge in [0.15, 0.2) is 0 Å². The second kappa shape index (κ2) is 9.18. The zero-order valence-electron chi connectivity index (χ0n) is 17.3. The molecule has 2 N–H and O–H groups in total. The summed E-state index contributed by atoms with van der Waals surface area (Å²) in [6, 6.07) is 7.27. The zero-order valence-corrected chi connectivity index (χ0v) is 17.3. The van der Waals surface area contributed by atoms with Gasteiger partial charge in [0, 0.05) is 37.8 Å². The fourth-order valence-electron chi connectivity index (χ4n) is 3.98. The summed E-state index contributed by atoms with van der Waals surface area (Å²) >= 11 is 0. The Morgan fingerprint density at radius 1 is 1.33 bits per heavy atom. The molecule has 0 spiro atoms. The van der Waals surface area contributed by atoms with Crippen LogP contribution in [0, 0.1) is 0 Å². The van der Waals surface area contributed by atoms with Gasteiger partial charge in [-0.25, -0.2) is 4.79 Å². The van der Waals surface area contributed by atoms with Crippen LogP contribution in [-0.4, -0.2) is 57.8 Å². The van der Waals surface area contributed by atoms with Crippen LogP contribution in [0.1, 0.15) is 36.6 Å². The number of halogens is 3. The van der Waals surface area contributed by atoms with Crippen LogP contribution in [0.25, 0.3) is 0 Å². The zero-order chi connectivity index (χ0) is 21.9. The molecular formula is C21H28F3N5O. The number of carbonyl (C=O) groups excluding carboxylic acids is 1. The maximum absolute atomic E-state index is 13.0. The Labute approximate surface area is 174 Å². The summed E-state index contributed by atoms with van der Waals surface area (Å²) in [5, 5.41) is 4.29. The van der Waals surface area contributed by atoms with Crippen molar-refractivity contribution in [3.63, 3.8) is 0 Å². The monoisotopic (exact) mass is 423 g/mol. The van der Waals surface area contributed by atoms with Crippen molar-refractivity contribution in [2.75, 3.05) is 20.1 Å². The van der Waals surface area contributed by atoms with Crippen LogP contribution in [0.3, 0.4) is 0 Å². The van der Waals surface area contributed by atoms with Gasteiger partial charge in [0.25, 0.3) is 0 Å². The molecule has 1 amide bonds. The summed E-state index contributed by atoms with van der Waals surface area (Å²) in [7, 11) is 1.92. The predicted molar refractivity (Wildman–Crippen MR) is 108 cm³/mol. The summed E-state index contributed by atoms with van der Waals surface area (Å²) < 4.78 is 40.2. The highest BCUT2D eigenvalue weighted by Crippen LogP contribution is 2.30. The van der Waals surface area contributed by atoms with E-state index < -0.39 is 11.7 Å². The molecule has 30 heavy (non-hydrogen) atoms. The standard InChI is InChI=1S/C21H28F3N5O/c1-15-12-19(27(2)14-16-4-3-5-17(13-16)21(22,23)24)8-10-28(15)20(30)29-11-7-18(26-29)6-9-25/h3-5,7,11,13,15,19H,6,8-10,12,14,25H2,1-2H3/t15-,19+/m1/s1. The number of aromatic nitrogens is 2. The average molecular weight is 423 g/mol.